The van der Waals surface area contributed by atoms with Crippen molar-refractivity contribution in [2.24, 2.45) is 0 Å². The van der Waals surface area contributed by atoms with Gasteiger partial charge in [-0.25, -0.2) is 0 Å². The first-order valence-electron chi connectivity index (χ1n) is 9.06. The van der Waals surface area contributed by atoms with Crippen LogP contribution < -0.4 is 0 Å². The molecule has 5 atom stereocenters. The van der Waals surface area contributed by atoms with E-state index in [2.05, 4.69) is 0 Å². The zero-order valence-corrected chi connectivity index (χ0v) is 17.7. The van der Waals surface area contributed by atoms with Crippen LogP contribution in [0.4, 0.5) is 0 Å². The van der Waals surface area contributed by atoms with E-state index in [-0.39, 0.29) is 18.1 Å². The molecule has 0 aliphatic carbocycles. The van der Waals surface area contributed by atoms with Crippen LogP contribution in [0.3, 0.4) is 0 Å². The lowest BCUT2D eigenvalue weighted by Gasteiger charge is -2.44. The van der Waals surface area contributed by atoms with Crippen LogP contribution in [0.25, 0.3) is 0 Å². The van der Waals surface area contributed by atoms with E-state index in [9.17, 15) is 24.0 Å². The highest BCUT2D eigenvalue weighted by molar-refractivity contribution is 5.87. The third kappa shape index (κ3) is 8.19. The van der Waals surface area contributed by atoms with E-state index in [1.807, 2.05) is 0 Å². The van der Waals surface area contributed by atoms with Crippen LogP contribution in [-0.2, 0) is 52.4 Å². The lowest BCUT2D eigenvalue weighted by atomic mass is 9.98. The van der Waals surface area contributed by atoms with Gasteiger partial charge in [0.25, 0.3) is 0 Å². The average Bonchev–Trinajstić information content (AvgIpc) is 2.56. The van der Waals surface area contributed by atoms with E-state index in [4.69, 9.17) is 28.4 Å². The quantitative estimate of drug-likeness (QED) is 0.231. The van der Waals surface area contributed by atoms with Gasteiger partial charge in [0, 0.05) is 33.8 Å². The topological polar surface area (TPSA) is 141 Å². The van der Waals surface area contributed by atoms with Crippen molar-refractivity contribution in [3.8, 4) is 0 Å². The molecular weight excluding hydrogens is 404 g/mol. The third-order valence-electron chi connectivity index (χ3n) is 3.66. The minimum Gasteiger partial charge on any atom is -0.465 e. The third-order valence-corrected chi connectivity index (χ3v) is 3.66. The highest BCUT2D eigenvalue weighted by atomic mass is 16.7. The summed E-state index contributed by atoms with van der Waals surface area (Å²) in [6.45, 7) is 6.93. The molecule has 0 aromatic rings. The molecule has 0 aromatic carbocycles. The number of carbonyl (C=O) groups excluding carboxylic acids is 5. The van der Waals surface area contributed by atoms with Gasteiger partial charge in [-0.05, 0) is 13.8 Å². The molecule has 11 nitrogen and oxygen atoms in total. The number of allylic oxidation sites excluding steroid dienone is 2. The van der Waals surface area contributed by atoms with Crippen LogP contribution in [0, 0.1) is 0 Å². The zero-order valence-electron chi connectivity index (χ0n) is 17.7. The summed E-state index contributed by atoms with van der Waals surface area (Å²) in [4.78, 5) is 57.5. The molecule has 11 heteroatoms. The second-order valence-corrected chi connectivity index (χ2v) is 6.55. The Hall–Kier alpha value is -2.95. The molecule has 1 fully saturated rings. The molecule has 0 spiro atoms. The van der Waals surface area contributed by atoms with Gasteiger partial charge in [0.1, 0.15) is 18.5 Å². The van der Waals surface area contributed by atoms with Gasteiger partial charge < -0.3 is 28.4 Å². The summed E-state index contributed by atoms with van der Waals surface area (Å²) >= 11 is 0. The first-order valence-corrected chi connectivity index (χ1v) is 9.06. The Balaban J connectivity index is 3.37. The second-order valence-electron chi connectivity index (χ2n) is 6.55. The molecule has 0 saturated carbocycles. The van der Waals surface area contributed by atoms with Gasteiger partial charge >= 0.3 is 23.9 Å². The lowest BCUT2D eigenvalue weighted by molar-refractivity contribution is -0.299. The number of rotatable bonds is 8. The zero-order chi connectivity index (χ0) is 23.0. The minimum absolute atomic E-state index is 0.128. The Morgan fingerprint density at radius 3 is 1.67 bits per heavy atom. The molecule has 168 valence electrons. The summed E-state index contributed by atoms with van der Waals surface area (Å²) in [7, 11) is 0. The van der Waals surface area contributed by atoms with Crippen molar-refractivity contribution in [3.63, 3.8) is 0 Å². The Bertz CT molecular complexity index is 711. The molecule has 0 aromatic heterocycles. The van der Waals surface area contributed by atoms with Crippen molar-refractivity contribution in [1.29, 1.82) is 0 Å². The lowest BCUT2D eigenvalue weighted by Crippen LogP contribution is -2.62. The van der Waals surface area contributed by atoms with E-state index in [1.54, 1.807) is 0 Å². The maximum Gasteiger partial charge on any atom is 0.303 e. The van der Waals surface area contributed by atoms with E-state index < -0.39 is 54.6 Å². The summed E-state index contributed by atoms with van der Waals surface area (Å²) in [6, 6.07) is 0. The van der Waals surface area contributed by atoms with Crippen LogP contribution in [-0.4, -0.2) is 67.0 Å². The second kappa shape index (κ2) is 11.3. The highest BCUT2D eigenvalue weighted by Gasteiger charge is 2.53. The highest BCUT2D eigenvalue weighted by Crippen LogP contribution is 2.30. The van der Waals surface area contributed by atoms with Crippen LogP contribution in [0.15, 0.2) is 11.8 Å². The smallest absolute Gasteiger partial charge is 0.303 e. The van der Waals surface area contributed by atoms with Gasteiger partial charge in [-0.15, -0.1) is 0 Å². The van der Waals surface area contributed by atoms with Crippen molar-refractivity contribution >= 4 is 29.7 Å². The van der Waals surface area contributed by atoms with Crippen molar-refractivity contribution < 1.29 is 52.4 Å². The van der Waals surface area contributed by atoms with Gasteiger partial charge in [0.05, 0.1) is 0 Å². The van der Waals surface area contributed by atoms with Gasteiger partial charge in [-0.2, -0.15) is 0 Å². The maximum absolute atomic E-state index is 11.7. The van der Waals surface area contributed by atoms with Crippen molar-refractivity contribution in [2.45, 2.75) is 72.2 Å². The molecule has 1 rings (SSSR count). The van der Waals surface area contributed by atoms with Crippen molar-refractivity contribution in [2.75, 3.05) is 6.61 Å². The monoisotopic (exact) mass is 430 g/mol. The normalized spacial score (nSPS) is 26.2. The molecule has 0 bridgehead atoms. The molecule has 30 heavy (non-hydrogen) atoms. The molecule has 0 amide bonds. The SMILES string of the molecule is CC(=O)/C=C(\C)O[C@H]1O[C@H](COC(C)=O)[C@H](OC(C)=O)[C@H](OC(C)=O)[C@H]1OC(C)=O. The Labute approximate surface area is 173 Å². The average molecular weight is 430 g/mol. The standard InChI is InChI=1S/C19H26O11/c1-9(20)7-10(2)26-19-18(29-14(6)24)17(28-13(5)23)16(27-12(4)22)15(30-19)8-25-11(3)21/h7,15-19H,8H2,1-6H3/b10-7+/t15-,16+,17+,18-,19+/m1/s1. The van der Waals surface area contributed by atoms with Crippen molar-refractivity contribution in [3.05, 3.63) is 11.8 Å². The molecule has 1 heterocycles. The number of hydrogen-bond donors (Lipinski definition) is 0. The number of hydrogen-bond acceptors (Lipinski definition) is 11. The Kier molecular flexibility index (Phi) is 9.44. The molecule has 1 aliphatic rings. The summed E-state index contributed by atoms with van der Waals surface area (Å²) < 4.78 is 32.0. The molecule has 0 unspecified atom stereocenters. The van der Waals surface area contributed by atoms with E-state index in [1.165, 1.54) is 26.8 Å². The molecule has 0 radical (unpaired) electrons. The minimum atomic E-state index is -1.36. The predicted molar refractivity (Wildman–Crippen MR) is 97.5 cm³/mol. The van der Waals surface area contributed by atoms with Gasteiger partial charge in [-0.3, -0.25) is 24.0 Å². The van der Waals surface area contributed by atoms with Crippen LogP contribution in [0.2, 0.25) is 0 Å². The number of esters is 4. The Morgan fingerprint density at radius 1 is 0.700 bits per heavy atom. The van der Waals surface area contributed by atoms with E-state index in [0.717, 1.165) is 20.8 Å². The fourth-order valence-electron chi connectivity index (χ4n) is 2.79. The summed E-state index contributed by atoms with van der Waals surface area (Å²) in [5.74, 6) is -3.04. The van der Waals surface area contributed by atoms with E-state index >= 15 is 0 Å². The summed E-state index contributed by atoms with van der Waals surface area (Å²) in [5, 5.41) is 0. The first-order chi connectivity index (χ1) is 13.9. The fourth-order valence-corrected chi connectivity index (χ4v) is 2.79. The number of ketones is 1. The van der Waals surface area contributed by atoms with Gasteiger partial charge in [-0.1, -0.05) is 0 Å². The molecule has 1 aliphatic heterocycles. The molecular formula is C19H26O11. The Morgan fingerprint density at radius 2 is 1.20 bits per heavy atom. The van der Waals surface area contributed by atoms with Crippen LogP contribution in [0.5, 0.6) is 0 Å². The number of ether oxygens (including phenoxy) is 6. The predicted octanol–water partition coefficient (Wildman–Crippen LogP) is 0.579. The largest absolute Gasteiger partial charge is 0.465 e. The molecule has 0 N–H and O–H groups in total. The van der Waals surface area contributed by atoms with Gasteiger partial charge in [0.2, 0.25) is 12.4 Å². The first kappa shape index (κ1) is 25.1. The maximum atomic E-state index is 11.7. The van der Waals surface area contributed by atoms with Crippen LogP contribution >= 0.6 is 0 Å². The van der Waals surface area contributed by atoms with E-state index in [0.29, 0.717) is 0 Å². The summed E-state index contributed by atoms with van der Waals surface area (Å²) in [5.41, 5.74) is 0. The van der Waals surface area contributed by atoms with Crippen molar-refractivity contribution in [1.82, 2.24) is 0 Å². The van der Waals surface area contributed by atoms with Crippen LogP contribution in [0.1, 0.15) is 41.5 Å². The van der Waals surface area contributed by atoms with Gasteiger partial charge in [0.15, 0.2) is 18.0 Å². The summed E-state index contributed by atoms with van der Waals surface area (Å²) in [6.07, 6.45) is -5.26. The molecule has 1 saturated heterocycles. The fraction of sp³-hybridized carbons (Fsp3) is 0.632. The number of carbonyl (C=O) groups is 5.